The number of amides is 2. The van der Waals surface area contributed by atoms with Crippen molar-refractivity contribution in [1.29, 1.82) is 0 Å². The van der Waals surface area contributed by atoms with Crippen LogP contribution in [0.15, 0.2) is 42.5 Å². The van der Waals surface area contributed by atoms with Crippen molar-refractivity contribution in [2.24, 2.45) is 11.3 Å². The van der Waals surface area contributed by atoms with Crippen LogP contribution in [0.1, 0.15) is 58.3 Å². The molecule has 0 fully saturated rings. The van der Waals surface area contributed by atoms with Gasteiger partial charge in [0.05, 0.1) is 5.56 Å². The van der Waals surface area contributed by atoms with Gasteiger partial charge in [-0.1, -0.05) is 32.4 Å². The number of thiophene rings is 1. The molecule has 2 N–H and O–H groups in total. The van der Waals surface area contributed by atoms with Gasteiger partial charge in [0.2, 0.25) is 6.79 Å². The summed E-state index contributed by atoms with van der Waals surface area (Å²) in [4.78, 5) is 27.8. The van der Waals surface area contributed by atoms with E-state index in [4.69, 9.17) is 21.1 Å². The minimum Gasteiger partial charge on any atom is -0.454 e. The molecule has 8 heteroatoms. The molecule has 35 heavy (non-hydrogen) atoms. The fourth-order valence-corrected chi connectivity index (χ4v) is 6.04. The lowest BCUT2D eigenvalue weighted by Gasteiger charge is -2.33. The molecule has 0 saturated carbocycles. The third kappa shape index (κ3) is 4.88. The van der Waals surface area contributed by atoms with Crippen LogP contribution in [0.2, 0.25) is 5.02 Å². The molecule has 182 valence electrons. The lowest BCUT2D eigenvalue weighted by molar-refractivity contribution is 0.102. The summed E-state index contributed by atoms with van der Waals surface area (Å²) in [6.07, 6.45) is 2.70. The molecular weight excluding hydrogens is 484 g/mol. The summed E-state index contributed by atoms with van der Waals surface area (Å²) >= 11 is 7.50. The monoisotopic (exact) mass is 510 g/mol. The predicted octanol–water partition coefficient (Wildman–Crippen LogP) is 6.79. The molecule has 0 spiro atoms. The van der Waals surface area contributed by atoms with Crippen LogP contribution in [-0.4, -0.2) is 18.6 Å². The Morgan fingerprint density at radius 3 is 2.49 bits per heavy atom. The quantitative estimate of drug-likeness (QED) is 0.405. The normalized spacial score (nSPS) is 16.5. The second kappa shape index (κ2) is 9.21. The maximum absolute atomic E-state index is 13.5. The number of carbonyl (C=O) groups excluding carboxylic acids is 2. The van der Waals surface area contributed by atoms with Gasteiger partial charge in [-0.3, -0.25) is 9.59 Å². The van der Waals surface area contributed by atoms with Crippen LogP contribution >= 0.6 is 22.9 Å². The summed E-state index contributed by atoms with van der Waals surface area (Å²) in [6.45, 7) is 6.91. The Balaban J connectivity index is 1.47. The molecule has 6 nitrogen and oxygen atoms in total. The molecule has 1 aromatic heterocycles. The molecule has 1 atom stereocenters. The number of anilines is 2. The number of hydrogen-bond acceptors (Lipinski definition) is 5. The van der Waals surface area contributed by atoms with E-state index in [1.807, 2.05) is 0 Å². The maximum Gasteiger partial charge on any atom is 0.258 e. The number of halogens is 1. The standard InChI is InChI=1S/C27H27ClN2O4S/c1-27(2,3)16-5-10-19-22(13-16)35-26(23(19)25(32)29-18-8-6-17(28)7-9-18)30-24(31)15-4-11-20-21(12-15)34-14-33-20/h4,6-9,11-12,16H,5,10,13-14H2,1-3H3,(H,29,32)(H,30,31)/t16-/m0/s1. The lowest BCUT2D eigenvalue weighted by Crippen LogP contribution is -2.27. The fraction of sp³-hybridized carbons (Fsp3) is 0.333. The SMILES string of the molecule is CC(C)(C)[C@H]1CCc2c(sc(NC(=O)c3ccc4c(c3)OCO4)c2C(=O)Nc2ccc(Cl)cc2)C1. The van der Waals surface area contributed by atoms with Gasteiger partial charge < -0.3 is 20.1 Å². The topological polar surface area (TPSA) is 76.7 Å². The molecule has 0 radical (unpaired) electrons. The molecule has 2 aliphatic rings. The van der Waals surface area contributed by atoms with Crippen LogP contribution in [0.25, 0.3) is 0 Å². The van der Waals surface area contributed by atoms with Crippen LogP contribution in [-0.2, 0) is 12.8 Å². The largest absolute Gasteiger partial charge is 0.454 e. The van der Waals surface area contributed by atoms with Crippen LogP contribution in [0.5, 0.6) is 11.5 Å². The Bertz CT molecular complexity index is 1290. The van der Waals surface area contributed by atoms with E-state index in [9.17, 15) is 9.59 Å². The number of rotatable bonds is 4. The Morgan fingerprint density at radius 2 is 1.74 bits per heavy atom. The Kier molecular flexibility index (Phi) is 6.23. The second-order valence-corrected chi connectivity index (χ2v) is 11.5. The van der Waals surface area contributed by atoms with Gasteiger partial charge in [-0.25, -0.2) is 0 Å². The number of fused-ring (bicyclic) bond motifs is 2. The zero-order valence-electron chi connectivity index (χ0n) is 19.9. The smallest absolute Gasteiger partial charge is 0.258 e. The van der Waals surface area contributed by atoms with E-state index in [0.29, 0.717) is 44.3 Å². The average molecular weight is 511 g/mol. The molecule has 2 aromatic carbocycles. The molecule has 0 unspecified atom stereocenters. The van der Waals surface area contributed by atoms with E-state index in [1.165, 1.54) is 16.2 Å². The zero-order chi connectivity index (χ0) is 24.7. The first-order chi connectivity index (χ1) is 16.7. The highest BCUT2D eigenvalue weighted by molar-refractivity contribution is 7.17. The summed E-state index contributed by atoms with van der Waals surface area (Å²) in [5, 5.41) is 7.14. The molecule has 3 aromatic rings. The third-order valence-corrected chi connectivity index (χ3v) is 8.10. The van der Waals surface area contributed by atoms with Gasteiger partial charge in [0.25, 0.3) is 11.8 Å². The number of hydrogen-bond donors (Lipinski definition) is 2. The van der Waals surface area contributed by atoms with Crippen molar-refractivity contribution in [3.05, 3.63) is 69.1 Å². The van der Waals surface area contributed by atoms with Crippen LogP contribution in [0.4, 0.5) is 10.7 Å². The van der Waals surface area contributed by atoms with Crippen LogP contribution in [0, 0.1) is 11.3 Å². The van der Waals surface area contributed by atoms with E-state index >= 15 is 0 Å². The molecule has 2 heterocycles. The minimum absolute atomic E-state index is 0.141. The van der Waals surface area contributed by atoms with Crippen molar-refractivity contribution in [2.75, 3.05) is 17.4 Å². The minimum atomic E-state index is -0.296. The fourth-order valence-electron chi connectivity index (χ4n) is 4.59. The number of benzene rings is 2. The van der Waals surface area contributed by atoms with E-state index in [1.54, 1.807) is 42.5 Å². The van der Waals surface area contributed by atoms with E-state index in [2.05, 4.69) is 31.4 Å². The predicted molar refractivity (Wildman–Crippen MR) is 139 cm³/mol. The van der Waals surface area contributed by atoms with Gasteiger partial charge >= 0.3 is 0 Å². The van der Waals surface area contributed by atoms with E-state index < -0.39 is 0 Å². The van der Waals surface area contributed by atoms with Gasteiger partial charge in [0.15, 0.2) is 11.5 Å². The summed E-state index contributed by atoms with van der Waals surface area (Å²) in [5.41, 5.74) is 2.83. The summed E-state index contributed by atoms with van der Waals surface area (Å²) in [7, 11) is 0. The average Bonchev–Trinajstić information content (AvgIpc) is 3.43. The van der Waals surface area contributed by atoms with Crippen LogP contribution in [0.3, 0.4) is 0 Å². The van der Waals surface area contributed by atoms with E-state index in [0.717, 1.165) is 24.8 Å². The van der Waals surface area contributed by atoms with Crippen molar-refractivity contribution in [3.8, 4) is 11.5 Å². The summed E-state index contributed by atoms with van der Waals surface area (Å²) in [6, 6.07) is 12.1. The second-order valence-electron chi connectivity index (χ2n) is 10.00. The highest BCUT2D eigenvalue weighted by Crippen LogP contribution is 2.44. The first kappa shape index (κ1) is 23.7. The van der Waals surface area contributed by atoms with Crippen molar-refractivity contribution < 1.29 is 19.1 Å². The summed E-state index contributed by atoms with van der Waals surface area (Å²) < 4.78 is 10.8. The number of nitrogens with one attached hydrogen (secondary N) is 2. The highest BCUT2D eigenvalue weighted by Gasteiger charge is 2.34. The molecule has 0 saturated heterocycles. The third-order valence-electron chi connectivity index (χ3n) is 6.68. The Morgan fingerprint density at radius 1 is 1.00 bits per heavy atom. The first-order valence-corrected chi connectivity index (χ1v) is 12.8. The van der Waals surface area contributed by atoms with Crippen molar-refractivity contribution in [3.63, 3.8) is 0 Å². The first-order valence-electron chi connectivity index (χ1n) is 11.6. The van der Waals surface area contributed by atoms with Gasteiger partial charge in [0.1, 0.15) is 5.00 Å². The molecule has 5 rings (SSSR count). The number of carbonyl (C=O) groups is 2. The van der Waals surface area contributed by atoms with Crippen LogP contribution < -0.4 is 20.1 Å². The maximum atomic E-state index is 13.5. The van der Waals surface area contributed by atoms with Gasteiger partial charge in [-0.15, -0.1) is 11.3 Å². The Hall–Kier alpha value is -3.03. The van der Waals surface area contributed by atoms with Gasteiger partial charge in [0, 0.05) is 21.2 Å². The van der Waals surface area contributed by atoms with Gasteiger partial charge in [-0.05, 0) is 78.6 Å². The molecular formula is C27H27ClN2O4S. The number of ether oxygens (including phenoxy) is 2. The molecule has 1 aliphatic heterocycles. The van der Waals surface area contributed by atoms with Crippen molar-refractivity contribution in [2.45, 2.75) is 40.0 Å². The van der Waals surface area contributed by atoms with Crippen molar-refractivity contribution >= 4 is 45.4 Å². The molecule has 2 amide bonds. The van der Waals surface area contributed by atoms with Crippen molar-refractivity contribution in [1.82, 2.24) is 0 Å². The summed E-state index contributed by atoms with van der Waals surface area (Å²) in [5.74, 6) is 1.13. The van der Waals surface area contributed by atoms with E-state index in [-0.39, 0.29) is 24.0 Å². The molecule has 1 aliphatic carbocycles. The Labute approximate surface area is 213 Å². The highest BCUT2D eigenvalue weighted by atomic mass is 35.5. The molecule has 0 bridgehead atoms. The lowest BCUT2D eigenvalue weighted by atomic mass is 9.72. The zero-order valence-corrected chi connectivity index (χ0v) is 21.4. The van der Waals surface area contributed by atoms with Gasteiger partial charge in [-0.2, -0.15) is 0 Å².